The molecular formula is C27H20Cl2N2O6. The summed E-state index contributed by atoms with van der Waals surface area (Å²) in [4.78, 5) is 28.1. The second-order valence-electron chi connectivity index (χ2n) is 7.88. The van der Waals surface area contributed by atoms with Gasteiger partial charge in [0.1, 0.15) is 5.76 Å². The Bertz CT molecular complexity index is 1450. The number of nitrogens with zero attached hydrogens (tertiary/aromatic N) is 2. The Hall–Kier alpha value is -4.19. The van der Waals surface area contributed by atoms with Gasteiger partial charge in [-0.2, -0.15) is 5.26 Å². The van der Waals surface area contributed by atoms with Crippen molar-refractivity contribution >= 4 is 46.3 Å². The van der Waals surface area contributed by atoms with Gasteiger partial charge in [-0.1, -0.05) is 35.3 Å². The number of amides is 1. The minimum Gasteiger partial charge on any atom is -0.507 e. The highest BCUT2D eigenvalue weighted by Gasteiger charge is 2.48. The van der Waals surface area contributed by atoms with Crippen LogP contribution >= 0.6 is 23.2 Å². The molecule has 0 aromatic heterocycles. The summed E-state index contributed by atoms with van der Waals surface area (Å²) in [5, 5.41) is 20.8. The van der Waals surface area contributed by atoms with Gasteiger partial charge in [0.25, 0.3) is 11.7 Å². The summed E-state index contributed by atoms with van der Waals surface area (Å²) in [6.07, 6.45) is 0. The number of halogens is 2. The first kappa shape index (κ1) is 25.9. The molecular weight excluding hydrogens is 519 g/mol. The largest absolute Gasteiger partial charge is 0.507 e. The van der Waals surface area contributed by atoms with Crippen LogP contribution in [0.1, 0.15) is 22.7 Å². The van der Waals surface area contributed by atoms with Crippen LogP contribution in [0.3, 0.4) is 0 Å². The van der Waals surface area contributed by atoms with Gasteiger partial charge in [-0.05, 0) is 42.5 Å². The van der Waals surface area contributed by atoms with Gasteiger partial charge in [-0.25, -0.2) is 0 Å². The number of methoxy groups -OCH3 is 3. The van der Waals surface area contributed by atoms with E-state index < -0.39 is 23.5 Å². The number of Topliss-reactive ketones (excluding diaryl/α,β-unsaturated/α-hetero) is 1. The number of aliphatic hydroxyl groups is 1. The predicted octanol–water partition coefficient (Wildman–Crippen LogP) is 5.52. The van der Waals surface area contributed by atoms with Crippen molar-refractivity contribution in [2.75, 3.05) is 26.2 Å². The zero-order chi connectivity index (χ0) is 26.9. The predicted molar refractivity (Wildman–Crippen MR) is 138 cm³/mol. The van der Waals surface area contributed by atoms with Crippen molar-refractivity contribution in [3.63, 3.8) is 0 Å². The van der Waals surface area contributed by atoms with Gasteiger partial charge >= 0.3 is 0 Å². The number of para-hydroxylation sites is 1. The van der Waals surface area contributed by atoms with E-state index in [0.717, 1.165) is 0 Å². The summed E-state index contributed by atoms with van der Waals surface area (Å²) < 4.78 is 16.2. The number of hydrogen-bond acceptors (Lipinski definition) is 7. The molecule has 4 rings (SSSR count). The van der Waals surface area contributed by atoms with Crippen LogP contribution in [-0.4, -0.2) is 38.1 Å². The molecule has 1 fully saturated rings. The van der Waals surface area contributed by atoms with Gasteiger partial charge < -0.3 is 19.3 Å². The highest BCUT2D eigenvalue weighted by atomic mass is 35.5. The smallest absolute Gasteiger partial charge is 0.300 e. The number of ether oxygens (including phenoxy) is 3. The molecule has 0 radical (unpaired) electrons. The molecule has 1 aliphatic rings. The number of aliphatic hydroxyl groups excluding tert-OH is 1. The molecule has 1 aliphatic heterocycles. The van der Waals surface area contributed by atoms with Crippen LogP contribution < -0.4 is 19.1 Å². The van der Waals surface area contributed by atoms with Gasteiger partial charge in [0, 0.05) is 16.8 Å². The van der Waals surface area contributed by atoms with E-state index in [-0.39, 0.29) is 32.7 Å². The molecule has 188 valence electrons. The number of benzene rings is 3. The lowest BCUT2D eigenvalue weighted by atomic mass is 9.94. The molecule has 0 saturated carbocycles. The van der Waals surface area contributed by atoms with Crippen molar-refractivity contribution in [1.82, 2.24) is 0 Å². The SMILES string of the molecule is COc1cccc(C2/C(=C(\O)c3cc(Cl)c(OC)c(Cl)c3)C(=O)C(=O)N2c2ccc(C#N)cc2)c1OC. The molecule has 8 nitrogen and oxygen atoms in total. The third-order valence-electron chi connectivity index (χ3n) is 5.92. The zero-order valence-electron chi connectivity index (χ0n) is 19.9. The van der Waals surface area contributed by atoms with Crippen molar-refractivity contribution in [3.05, 3.63) is 86.9 Å². The molecule has 3 aromatic carbocycles. The topological polar surface area (TPSA) is 109 Å². The molecule has 1 N–H and O–H groups in total. The summed E-state index contributed by atoms with van der Waals surface area (Å²) in [7, 11) is 4.28. The lowest BCUT2D eigenvalue weighted by Gasteiger charge is -2.27. The van der Waals surface area contributed by atoms with E-state index in [1.165, 1.54) is 50.5 Å². The fraction of sp³-hybridized carbons (Fsp3) is 0.148. The Balaban J connectivity index is 2.02. The Morgan fingerprint density at radius 2 is 1.57 bits per heavy atom. The maximum absolute atomic E-state index is 13.4. The quantitative estimate of drug-likeness (QED) is 0.250. The van der Waals surface area contributed by atoms with E-state index in [2.05, 4.69) is 0 Å². The number of nitriles is 1. The first-order valence-corrected chi connectivity index (χ1v) is 11.6. The molecule has 3 aromatic rings. The summed E-state index contributed by atoms with van der Waals surface area (Å²) in [6.45, 7) is 0. The highest BCUT2D eigenvalue weighted by molar-refractivity contribution is 6.52. The van der Waals surface area contributed by atoms with Gasteiger partial charge in [0.05, 0.1) is 54.6 Å². The minimum atomic E-state index is -1.11. The van der Waals surface area contributed by atoms with Gasteiger partial charge in [0.2, 0.25) is 0 Å². The van der Waals surface area contributed by atoms with E-state index in [4.69, 9.17) is 37.4 Å². The molecule has 1 unspecified atom stereocenters. The van der Waals surface area contributed by atoms with Crippen LogP contribution in [0, 0.1) is 11.3 Å². The molecule has 0 spiro atoms. The maximum Gasteiger partial charge on any atom is 0.300 e. The van der Waals surface area contributed by atoms with Crippen LogP contribution in [0.4, 0.5) is 5.69 Å². The number of rotatable bonds is 6. The molecule has 0 bridgehead atoms. The maximum atomic E-state index is 13.4. The van der Waals surface area contributed by atoms with E-state index >= 15 is 0 Å². The van der Waals surface area contributed by atoms with E-state index in [1.807, 2.05) is 6.07 Å². The number of carbonyl (C=O) groups is 2. The first-order chi connectivity index (χ1) is 17.8. The Kier molecular flexibility index (Phi) is 7.30. The standard InChI is InChI=1S/C27H20Cl2N2O6/c1-35-20-6-4-5-17(25(20)36-2)22-21(23(32)15-11-18(28)26(37-3)19(29)12-15)24(33)27(34)31(22)16-9-7-14(13-30)8-10-16/h4-12,22,32H,1-3H3/b23-21+. The minimum absolute atomic E-state index is 0.105. The van der Waals surface area contributed by atoms with Gasteiger partial charge in [-0.3, -0.25) is 14.5 Å². The number of ketones is 1. The van der Waals surface area contributed by atoms with Crippen molar-refractivity contribution in [1.29, 1.82) is 5.26 Å². The zero-order valence-corrected chi connectivity index (χ0v) is 21.4. The van der Waals surface area contributed by atoms with E-state index in [9.17, 15) is 20.0 Å². The number of carbonyl (C=O) groups excluding carboxylic acids is 2. The third kappa shape index (κ3) is 4.44. The summed E-state index contributed by atoms with van der Waals surface area (Å²) in [6, 6.07) is 14.8. The van der Waals surface area contributed by atoms with Gasteiger partial charge in [-0.15, -0.1) is 0 Å². The monoisotopic (exact) mass is 538 g/mol. The van der Waals surface area contributed by atoms with Crippen LogP contribution in [0.2, 0.25) is 10.0 Å². The molecule has 0 aliphatic carbocycles. The molecule has 1 saturated heterocycles. The fourth-order valence-corrected chi connectivity index (χ4v) is 4.91. The number of anilines is 1. The Morgan fingerprint density at radius 1 is 0.946 bits per heavy atom. The van der Waals surface area contributed by atoms with E-state index in [1.54, 1.807) is 30.3 Å². The normalized spacial score (nSPS) is 16.4. The number of hydrogen-bond donors (Lipinski definition) is 1. The summed E-state index contributed by atoms with van der Waals surface area (Å²) in [5.41, 5.74) is 0.996. The molecule has 1 atom stereocenters. The van der Waals surface area contributed by atoms with Gasteiger partial charge in [0.15, 0.2) is 17.2 Å². The molecule has 1 heterocycles. The van der Waals surface area contributed by atoms with Crippen molar-refractivity contribution in [2.45, 2.75) is 6.04 Å². The van der Waals surface area contributed by atoms with Crippen LogP contribution in [-0.2, 0) is 9.59 Å². The summed E-state index contributed by atoms with van der Waals surface area (Å²) in [5.74, 6) is -1.47. The molecule has 1 amide bonds. The average molecular weight is 539 g/mol. The first-order valence-electron chi connectivity index (χ1n) is 10.8. The lowest BCUT2D eigenvalue weighted by Crippen LogP contribution is -2.29. The molecule has 10 heteroatoms. The summed E-state index contributed by atoms with van der Waals surface area (Å²) >= 11 is 12.6. The third-order valence-corrected chi connectivity index (χ3v) is 6.48. The average Bonchev–Trinajstić information content (AvgIpc) is 3.17. The van der Waals surface area contributed by atoms with Crippen LogP contribution in [0.15, 0.2) is 60.2 Å². The van der Waals surface area contributed by atoms with Crippen molar-refractivity contribution < 1.29 is 28.9 Å². The Labute approximate surface area is 222 Å². The molecule has 37 heavy (non-hydrogen) atoms. The second kappa shape index (κ2) is 10.4. The Morgan fingerprint density at radius 3 is 2.11 bits per heavy atom. The second-order valence-corrected chi connectivity index (χ2v) is 8.70. The van der Waals surface area contributed by atoms with Crippen molar-refractivity contribution in [3.8, 4) is 23.3 Å². The fourth-order valence-electron chi connectivity index (χ4n) is 4.26. The van der Waals surface area contributed by atoms with Crippen LogP contribution in [0.5, 0.6) is 17.2 Å². The highest BCUT2D eigenvalue weighted by Crippen LogP contribution is 2.48. The lowest BCUT2D eigenvalue weighted by molar-refractivity contribution is -0.132. The van der Waals surface area contributed by atoms with Crippen LogP contribution in [0.25, 0.3) is 5.76 Å². The van der Waals surface area contributed by atoms with Crippen molar-refractivity contribution in [2.24, 2.45) is 0 Å². The van der Waals surface area contributed by atoms with E-state index in [0.29, 0.717) is 22.6 Å².